The standard InChI is InChI=1S/C9H14N2O.ClH/c1-12-9-5-3-2-4-8(9)6-7-11-10;/h2-5,11H,6-7,10H2,1H3;1H. The van der Waals surface area contributed by atoms with Gasteiger partial charge in [-0.1, -0.05) is 18.2 Å². The van der Waals surface area contributed by atoms with Crippen LogP contribution in [0.15, 0.2) is 24.3 Å². The van der Waals surface area contributed by atoms with Crippen LogP contribution in [0.5, 0.6) is 5.75 Å². The van der Waals surface area contributed by atoms with Gasteiger partial charge in [0.2, 0.25) is 0 Å². The molecule has 3 N–H and O–H groups in total. The first-order chi connectivity index (χ1) is 5.88. The Bertz CT molecular complexity index is 243. The van der Waals surface area contributed by atoms with E-state index in [-0.39, 0.29) is 12.4 Å². The molecule has 1 rings (SSSR count). The molecule has 0 atom stereocenters. The lowest BCUT2D eigenvalue weighted by atomic mass is 10.1. The van der Waals surface area contributed by atoms with Crippen LogP contribution < -0.4 is 16.0 Å². The van der Waals surface area contributed by atoms with E-state index in [1.165, 1.54) is 5.56 Å². The number of hydrazine groups is 1. The van der Waals surface area contributed by atoms with Crippen LogP contribution in [0.3, 0.4) is 0 Å². The highest BCUT2D eigenvalue weighted by molar-refractivity contribution is 5.85. The van der Waals surface area contributed by atoms with Crippen LogP contribution in [0.2, 0.25) is 0 Å². The summed E-state index contributed by atoms with van der Waals surface area (Å²) in [7, 11) is 1.68. The molecule has 13 heavy (non-hydrogen) atoms. The Hall–Kier alpha value is -0.770. The molecule has 0 saturated carbocycles. The topological polar surface area (TPSA) is 47.3 Å². The molecule has 0 aliphatic heterocycles. The third-order valence-corrected chi connectivity index (χ3v) is 1.73. The molecule has 0 bridgehead atoms. The Kier molecular flexibility index (Phi) is 6.32. The first-order valence-electron chi connectivity index (χ1n) is 3.94. The molecule has 0 saturated heterocycles. The number of hydrogen-bond acceptors (Lipinski definition) is 3. The summed E-state index contributed by atoms with van der Waals surface area (Å²) >= 11 is 0. The van der Waals surface area contributed by atoms with Gasteiger partial charge >= 0.3 is 0 Å². The lowest BCUT2D eigenvalue weighted by Gasteiger charge is -2.06. The van der Waals surface area contributed by atoms with Crippen molar-refractivity contribution >= 4 is 12.4 Å². The number of hydrogen-bond donors (Lipinski definition) is 2. The third kappa shape index (κ3) is 3.63. The van der Waals surface area contributed by atoms with Crippen molar-refractivity contribution in [1.29, 1.82) is 0 Å². The lowest BCUT2D eigenvalue weighted by Crippen LogP contribution is -2.24. The summed E-state index contributed by atoms with van der Waals surface area (Å²) in [6.07, 6.45) is 0.889. The molecule has 1 aromatic rings. The number of nitrogens with two attached hydrogens (primary N) is 1. The zero-order valence-corrected chi connectivity index (χ0v) is 8.43. The van der Waals surface area contributed by atoms with Crippen molar-refractivity contribution < 1.29 is 4.74 Å². The van der Waals surface area contributed by atoms with Crippen molar-refractivity contribution in [3.8, 4) is 5.75 Å². The summed E-state index contributed by atoms with van der Waals surface area (Å²) < 4.78 is 5.17. The molecule has 0 heterocycles. The summed E-state index contributed by atoms with van der Waals surface area (Å²) in [6, 6.07) is 7.94. The second kappa shape index (κ2) is 6.71. The van der Waals surface area contributed by atoms with Crippen LogP contribution in [-0.2, 0) is 6.42 Å². The number of nitrogens with one attached hydrogen (secondary N) is 1. The molecule has 0 unspecified atom stereocenters. The Balaban J connectivity index is 0.00000144. The van der Waals surface area contributed by atoms with E-state index in [0.29, 0.717) is 0 Å². The van der Waals surface area contributed by atoms with E-state index in [1.54, 1.807) is 7.11 Å². The molecule has 4 heteroatoms. The van der Waals surface area contributed by atoms with Crippen molar-refractivity contribution in [2.75, 3.05) is 13.7 Å². The molecule has 0 radical (unpaired) electrons. The molecule has 74 valence electrons. The molecular weight excluding hydrogens is 188 g/mol. The predicted molar refractivity (Wildman–Crippen MR) is 56.1 cm³/mol. The maximum Gasteiger partial charge on any atom is 0.122 e. The zero-order valence-electron chi connectivity index (χ0n) is 7.62. The maximum atomic E-state index is 5.18. The summed E-state index contributed by atoms with van der Waals surface area (Å²) in [5, 5.41) is 0. The lowest BCUT2D eigenvalue weighted by molar-refractivity contribution is 0.409. The highest BCUT2D eigenvalue weighted by Crippen LogP contribution is 2.16. The fourth-order valence-electron chi connectivity index (χ4n) is 1.12. The van der Waals surface area contributed by atoms with Crippen molar-refractivity contribution in [3.63, 3.8) is 0 Å². The van der Waals surface area contributed by atoms with Crippen LogP contribution >= 0.6 is 12.4 Å². The van der Waals surface area contributed by atoms with Crippen molar-refractivity contribution in [3.05, 3.63) is 29.8 Å². The van der Waals surface area contributed by atoms with Gasteiger partial charge < -0.3 is 4.74 Å². The van der Waals surface area contributed by atoms with E-state index in [4.69, 9.17) is 10.6 Å². The van der Waals surface area contributed by atoms with Gasteiger partial charge in [-0.05, 0) is 18.1 Å². The minimum absolute atomic E-state index is 0. The van der Waals surface area contributed by atoms with Gasteiger partial charge in [-0.3, -0.25) is 11.3 Å². The molecule has 0 aliphatic rings. The van der Waals surface area contributed by atoms with Crippen LogP contribution in [0.25, 0.3) is 0 Å². The zero-order chi connectivity index (χ0) is 8.81. The number of benzene rings is 1. The minimum atomic E-state index is 0. The number of rotatable bonds is 4. The summed E-state index contributed by atoms with van der Waals surface area (Å²) in [5.74, 6) is 6.10. The third-order valence-electron chi connectivity index (χ3n) is 1.73. The molecular formula is C9H15ClN2O. The molecule has 1 aromatic carbocycles. The van der Waals surface area contributed by atoms with Gasteiger partial charge in [0.1, 0.15) is 5.75 Å². The number of methoxy groups -OCH3 is 1. The van der Waals surface area contributed by atoms with Gasteiger partial charge in [0.05, 0.1) is 7.11 Å². The first kappa shape index (κ1) is 12.2. The molecule has 3 nitrogen and oxygen atoms in total. The van der Waals surface area contributed by atoms with Crippen LogP contribution in [-0.4, -0.2) is 13.7 Å². The average Bonchev–Trinajstić information content (AvgIpc) is 2.15. The van der Waals surface area contributed by atoms with Gasteiger partial charge in [0.15, 0.2) is 0 Å². The van der Waals surface area contributed by atoms with Crippen LogP contribution in [0, 0.1) is 0 Å². The Morgan fingerprint density at radius 2 is 2.08 bits per heavy atom. The normalized spacial score (nSPS) is 9.08. The molecule has 0 amide bonds. The van der Waals surface area contributed by atoms with E-state index >= 15 is 0 Å². The average molecular weight is 203 g/mol. The van der Waals surface area contributed by atoms with Gasteiger partial charge in [0, 0.05) is 6.54 Å². The van der Waals surface area contributed by atoms with E-state index < -0.39 is 0 Å². The first-order valence-corrected chi connectivity index (χ1v) is 3.94. The minimum Gasteiger partial charge on any atom is -0.496 e. The monoisotopic (exact) mass is 202 g/mol. The fraction of sp³-hybridized carbons (Fsp3) is 0.333. The van der Waals surface area contributed by atoms with Crippen molar-refractivity contribution in [2.45, 2.75) is 6.42 Å². The van der Waals surface area contributed by atoms with Crippen LogP contribution in [0.1, 0.15) is 5.56 Å². The SMILES string of the molecule is COc1ccccc1CCNN.Cl. The summed E-state index contributed by atoms with van der Waals surface area (Å²) in [6.45, 7) is 0.764. The predicted octanol–water partition coefficient (Wildman–Crippen LogP) is 1.12. The fourth-order valence-corrected chi connectivity index (χ4v) is 1.12. The van der Waals surface area contributed by atoms with E-state index in [9.17, 15) is 0 Å². The van der Waals surface area contributed by atoms with E-state index in [1.807, 2.05) is 24.3 Å². The van der Waals surface area contributed by atoms with Crippen LogP contribution in [0.4, 0.5) is 0 Å². The van der Waals surface area contributed by atoms with E-state index in [0.717, 1.165) is 18.7 Å². The van der Waals surface area contributed by atoms with Gasteiger partial charge in [-0.2, -0.15) is 0 Å². The van der Waals surface area contributed by atoms with E-state index in [2.05, 4.69) is 5.43 Å². The molecule has 0 fully saturated rings. The van der Waals surface area contributed by atoms with Crippen molar-refractivity contribution in [2.24, 2.45) is 5.84 Å². The Morgan fingerprint density at radius 1 is 1.38 bits per heavy atom. The van der Waals surface area contributed by atoms with Gasteiger partial charge in [-0.15, -0.1) is 12.4 Å². The molecule has 0 aliphatic carbocycles. The quantitative estimate of drug-likeness (QED) is 0.568. The highest BCUT2D eigenvalue weighted by Gasteiger charge is 1.99. The second-order valence-electron chi connectivity index (χ2n) is 2.52. The molecule has 0 spiro atoms. The Morgan fingerprint density at radius 3 is 2.69 bits per heavy atom. The number of ether oxygens (including phenoxy) is 1. The largest absolute Gasteiger partial charge is 0.496 e. The van der Waals surface area contributed by atoms with Crippen molar-refractivity contribution in [1.82, 2.24) is 5.43 Å². The smallest absolute Gasteiger partial charge is 0.122 e. The molecule has 0 aromatic heterocycles. The number of halogens is 1. The maximum absolute atomic E-state index is 5.18. The second-order valence-corrected chi connectivity index (χ2v) is 2.52. The summed E-state index contributed by atoms with van der Waals surface area (Å²) in [4.78, 5) is 0. The number of para-hydroxylation sites is 1. The highest BCUT2D eigenvalue weighted by atomic mass is 35.5. The van der Waals surface area contributed by atoms with Gasteiger partial charge in [-0.25, -0.2) is 0 Å². The summed E-state index contributed by atoms with van der Waals surface area (Å²) in [5.41, 5.74) is 3.79. The Labute approximate surface area is 84.7 Å². The van der Waals surface area contributed by atoms with Gasteiger partial charge in [0.25, 0.3) is 0 Å².